The van der Waals surface area contributed by atoms with E-state index in [2.05, 4.69) is 50.4 Å². The number of carbonyl (C=O) groups is 1. The van der Waals surface area contributed by atoms with Crippen molar-refractivity contribution in [1.82, 2.24) is 4.90 Å². The van der Waals surface area contributed by atoms with Gasteiger partial charge < -0.3 is 15.1 Å². The fourth-order valence-corrected chi connectivity index (χ4v) is 3.28. The van der Waals surface area contributed by atoms with E-state index in [-0.39, 0.29) is 6.03 Å². The number of carbonyl (C=O) groups excluding carboxylic acids is 1. The number of urea groups is 1. The summed E-state index contributed by atoms with van der Waals surface area (Å²) in [6, 6.07) is 14.4. The van der Waals surface area contributed by atoms with Gasteiger partial charge in [0.2, 0.25) is 0 Å². The van der Waals surface area contributed by atoms with Crippen molar-refractivity contribution in [3.8, 4) is 0 Å². The zero-order valence-electron chi connectivity index (χ0n) is 14.1. The second-order valence-electron chi connectivity index (χ2n) is 6.15. The summed E-state index contributed by atoms with van der Waals surface area (Å²) in [7, 11) is 0. The van der Waals surface area contributed by atoms with E-state index in [1.165, 1.54) is 5.69 Å². The van der Waals surface area contributed by atoms with Gasteiger partial charge in [0.15, 0.2) is 0 Å². The van der Waals surface area contributed by atoms with E-state index in [0.29, 0.717) is 0 Å². The average molecular weight is 388 g/mol. The van der Waals surface area contributed by atoms with Crippen LogP contribution in [0.1, 0.15) is 11.1 Å². The van der Waals surface area contributed by atoms with E-state index >= 15 is 0 Å². The van der Waals surface area contributed by atoms with Gasteiger partial charge in [-0.2, -0.15) is 0 Å². The molecule has 0 spiro atoms. The van der Waals surface area contributed by atoms with Gasteiger partial charge in [0.05, 0.1) is 0 Å². The summed E-state index contributed by atoms with van der Waals surface area (Å²) in [4.78, 5) is 16.8. The second kappa shape index (κ2) is 7.26. The first-order valence-corrected chi connectivity index (χ1v) is 8.96. The number of aryl methyl sites for hydroxylation is 2. The molecule has 1 N–H and O–H groups in total. The van der Waals surface area contributed by atoms with Crippen molar-refractivity contribution < 1.29 is 4.79 Å². The van der Waals surface area contributed by atoms with E-state index in [1.54, 1.807) is 0 Å². The molecule has 0 saturated carbocycles. The van der Waals surface area contributed by atoms with Crippen LogP contribution in [-0.2, 0) is 0 Å². The Kier molecular flexibility index (Phi) is 5.09. The summed E-state index contributed by atoms with van der Waals surface area (Å²) in [6.07, 6.45) is 0. The zero-order chi connectivity index (χ0) is 17.1. The number of benzene rings is 2. The van der Waals surface area contributed by atoms with Gasteiger partial charge in [-0.05, 0) is 49.2 Å². The molecule has 2 aromatic carbocycles. The first kappa shape index (κ1) is 16.8. The Morgan fingerprint density at radius 3 is 2.12 bits per heavy atom. The molecule has 2 aromatic rings. The number of hydrogen-bond acceptors (Lipinski definition) is 2. The van der Waals surface area contributed by atoms with Gasteiger partial charge in [-0.3, -0.25) is 0 Å². The lowest BCUT2D eigenvalue weighted by Crippen LogP contribution is -2.50. The summed E-state index contributed by atoms with van der Waals surface area (Å²) < 4.78 is 1.08. The highest BCUT2D eigenvalue weighted by Gasteiger charge is 2.22. The maximum atomic E-state index is 12.5. The lowest BCUT2D eigenvalue weighted by atomic mass is 10.1. The third-order valence-corrected chi connectivity index (χ3v) is 5.00. The molecule has 0 aliphatic carbocycles. The molecule has 1 saturated heterocycles. The number of hydrogen-bond donors (Lipinski definition) is 1. The minimum absolute atomic E-state index is 0.0112. The van der Waals surface area contributed by atoms with Crippen LogP contribution in [0.15, 0.2) is 46.9 Å². The second-order valence-corrected chi connectivity index (χ2v) is 7.06. The predicted molar refractivity (Wildman–Crippen MR) is 103 cm³/mol. The van der Waals surface area contributed by atoms with Crippen molar-refractivity contribution in [3.05, 3.63) is 58.1 Å². The smallest absolute Gasteiger partial charge is 0.321 e. The number of nitrogens with zero attached hydrogens (tertiary/aromatic N) is 2. The molecule has 1 heterocycles. The van der Waals surface area contributed by atoms with Gasteiger partial charge in [0.25, 0.3) is 0 Å². The fraction of sp³-hybridized carbons (Fsp3) is 0.316. The number of nitrogens with one attached hydrogen (secondary N) is 1. The van der Waals surface area contributed by atoms with E-state index in [1.807, 2.05) is 36.9 Å². The Hall–Kier alpha value is -2.01. The molecule has 0 atom stereocenters. The topological polar surface area (TPSA) is 35.6 Å². The number of rotatable bonds is 2. The number of piperazine rings is 1. The van der Waals surface area contributed by atoms with E-state index in [4.69, 9.17) is 0 Å². The Labute approximate surface area is 151 Å². The highest BCUT2D eigenvalue weighted by atomic mass is 79.9. The van der Waals surface area contributed by atoms with Crippen LogP contribution < -0.4 is 10.2 Å². The standard InChI is InChI=1S/C19H22BrN3O/c1-14-4-3-5-15(2)18(14)21-19(24)23-12-10-22(11-13-23)17-8-6-16(20)7-9-17/h3-9H,10-13H2,1-2H3,(H,21,24). The molecule has 24 heavy (non-hydrogen) atoms. The van der Waals surface area contributed by atoms with Gasteiger partial charge in [0.1, 0.15) is 0 Å². The molecule has 1 fully saturated rings. The van der Waals surface area contributed by atoms with Gasteiger partial charge in [-0.25, -0.2) is 4.79 Å². The molecule has 4 nitrogen and oxygen atoms in total. The predicted octanol–water partition coefficient (Wildman–Crippen LogP) is 4.42. The highest BCUT2D eigenvalue weighted by Crippen LogP contribution is 2.22. The zero-order valence-corrected chi connectivity index (χ0v) is 15.6. The van der Waals surface area contributed by atoms with Crippen molar-refractivity contribution >= 4 is 33.3 Å². The molecular formula is C19H22BrN3O. The molecule has 0 bridgehead atoms. The van der Waals surface area contributed by atoms with Crippen LogP contribution in [0, 0.1) is 13.8 Å². The van der Waals surface area contributed by atoms with E-state index in [9.17, 15) is 4.79 Å². The van der Waals surface area contributed by atoms with E-state index < -0.39 is 0 Å². The Morgan fingerprint density at radius 1 is 0.958 bits per heavy atom. The van der Waals surface area contributed by atoms with Crippen LogP contribution in [-0.4, -0.2) is 37.1 Å². The average Bonchev–Trinajstić information content (AvgIpc) is 2.59. The molecule has 3 rings (SSSR count). The first-order valence-electron chi connectivity index (χ1n) is 8.17. The molecule has 1 aliphatic rings. The lowest BCUT2D eigenvalue weighted by molar-refractivity contribution is 0.208. The SMILES string of the molecule is Cc1cccc(C)c1NC(=O)N1CCN(c2ccc(Br)cc2)CC1. The fourth-order valence-electron chi connectivity index (χ4n) is 3.02. The molecule has 1 aliphatic heterocycles. The van der Waals surface area contributed by atoms with Crippen molar-refractivity contribution in [1.29, 1.82) is 0 Å². The summed E-state index contributed by atoms with van der Waals surface area (Å²) in [5.74, 6) is 0. The largest absolute Gasteiger partial charge is 0.368 e. The Morgan fingerprint density at radius 2 is 1.54 bits per heavy atom. The van der Waals surface area contributed by atoms with Crippen molar-refractivity contribution in [3.63, 3.8) is 0 Å². The first-order chi connectivity index (χ1) is 11.5. The number of amides is 2. The summed E-state index contributed by atoms with van der Waals surface area (Å²) >= 11 is 3.46. The van der Waals surface area contributed by atoms with Gasteiger partial charge >= 0.3 is 6.03 Å². The third-order valence-electron chi connectivity index (χ3n) is 4.47. The summed E-state index contributed by atoms with van der Waals surface area (Å²) in [5, 5.41) is 3.07. The normalized spacial score (nSPS) is 14.6. The van der Waals surface area contributed by atoms with Crippen LogP contribution in [0.2, 0.25) is 0 Å². The molecule has 0 radical (unpaired) electrons. The maximum Gasteiger partial charge on any atom is 0.321 e. The molecule has 2 amide bonds. The van der Waals surface area contributed by atoms with Crippen molar-refractivity contribution in [2.24, 2.45) is 0 Å². The summed E-state index contributed by atoms with van der Waals surface area (Å²) in [6.45, 7) is 7.20. The minimum atomic E-state index is -0.0112. The quantitative estimate of drug-likeness (QED) is 0.827. The summed E-state index contributed by atoms with van der Waals surface area (Å²) in [5.41, 5.74) is 4.32. The van der Waals surface area contributed by atoms with Crippen LogP contribution in [0.25, 0.3) is 0 Å². The minimum Gasteiger partial charge on any atom is -0.368 e. The van der Waals surface area contributed by atoms with E-state index in [0.717, 1.165) is 47.5 Å². The van der Waals surface area contributed by atoms with Crippen molar-refractivity contribution in [2.45, 2.75) is 13.8 Å². The third kappa shape index (κ3) is 3.73. The van der Waals surface area contributed by atoms with Crippen LogP contribution in [0.3, 0.4) is 0 Å². The molecule has 0 aromatic heterocycles. The van der Waals surface area contributed by atoms with Crippen LogP contribution in [0.4, 0.5) is 16.2 Å². The lowest BCUT2D eigenvalue weighted by Gasteiger charge is -2.36. The number of para-hydroxylation sites is 1. The van der Waals surface area contributed by atoms with Gasteiger partial charge in [-0.1, -0.05) is 34.1 Å². The monoisotopic (exact) mass is 387 g/mol. The highest BCUT2D eigenvalue weighted by molar-refractivity contribution is 9.10. The Bertz CT molecular complexity index is 702. The Balaban J connectivity index is 1.60. The van der Waals surface area contributed by atoms with Crippen molar-refractivity contribution in [2.75, 3.05) is 36.4 Å². The van der Waals surface area contributed by atoms with Crippen LogP contribution >= 0.6 is 15.9 Å². The molecule has 0 unspecified atom stereocenters. The maximum absolute atomic E-state index is 12.5. The van der Waals surface area contributed by atoms with Gasteiger partial charge in [0, 0.05) is 42.0 Å². The van der Waals surface area contributed by atoms with Gasteiger partial charge in [-0.15, -0.1) is 0 Å². The van der Waals surface area contributed by atoms with Crippen LogP contribution in [0.5, 0.6) is 0 Å². The molecular weight excluding hydrogens is 366 g/mol. The number of halogens is 1. The molecule has 5 heteroatoms. The number of anilines is 2. The molecule has 126 valence electrons.